The number of fused-ring (bicyclic) bond motifs is 1. The molecular formula is C17H14O. The van der Waals surface area contributed by atoms with Crippen LogP contribution in [0.15, 0.2) is 66.7 Å². The molecule has 0 amide bonds. The molecule has 0 aliphatic rings. The molecule has 18 heavy (non-hydrogen) atoms. The van der Waals surface area contributed by atoms with Crippen LogP contribution in [0.3, 0.4) is 0 Å². The first-order valence-electron chi connectivity index (χ1n) is 6.08. The van der Waals surface area contributed by atoms with Crippen molar-refractivity contribution in [3.05, 3.63) is 77.9 Å². The Morgan fingerprint density at radius 1 is 0.722 bits per heavy atom. The number of phenols is 1. The van der Waals surface area contributed by atoms with Gasteiger partial charge in [-0.25, -0.2) is 0 Å². The Labute approximate surface area is 106 Å². The molecule has 1 nitrogen and oxygen atoms in total. The van der Waals surface area contributed by atoms with Crippen LogP contribution in [0.25, 0.3) is 10.8 Å². The van der Waals surface area contributed by atoms with Gasteiger partial charge in [0.05, 0.1) is 0 Å². The third-order valence-corrected chi connectivity index (χ3v) is 3.22. The van der Waals surface area contributed by atoms with Gasteiger partial charge >= 0.3 is 0 Å². The zero-order valence-corrected chi connectivity index (χ0v) is 10.0. The van der Waals surface area contributed by atoms with E-state index in [0.29, 0.717) is 5.75 Å². The number of hydrogen-bond acceptors (Lipinski definition) is 1. The summed E-state index contributed by atoms with van der Waals surface area (Å²) in [6.45, 7) is 0. The third kappa shape index (κ3) is 1.95. The van der Waals surface area contributed by atoms with Gasteiger partial charge in [0.15, 0.2) is 0 Å². The molecule has 0 saturated carbocycles. The van der Waals surface area contributed by atoms with E-state index in [9.17, 15) is 5.11 Å². The molecule has 0 atom stereocenters. The largest absolute Gasteiger partial charge is 0.507 e. The van der Waals surface area contributed by atoms with Gasteiger partial charge in [0, 0.05) is 11.8 Å². The standard InChI is InChI=1S/C17H14O/c18-17-15(12-13-6-2-1-3-7-13)11-10-14-8-4-5-9-16(14)17/h1-11,18H,12H2. The Kier molecular flexibility index (Phi) is 2.73. The van der Waals surface area contributed by atoms with Crippen molar-refractivity contribution in [2.24, 2.45) is 0 Å². The number of hydrogen-bond donors (Lipinski definition) is 1. The van der Waals surface area contributed by atoms with Crippen LogP contribution in [0.5, 0.6) is 5.75 Å². The summed E-state index contributed by atoms with van der Waals surface area (Å²) >= 11 is 0. The second kappa shape index (κ2) is 4.53. The van der Waals surface area contributed by atoms with Gasteiger partial charge in [0.1, 0.15) is 5.75 Å². The zero-order valence-electron chi connectivity index (χ0n) is 10.0. The average molecular weight is 234 g/mol. The minimum Gasteiger partial charge on any atom is -0.507 e. The molecule has 3 rings (SSSR count). The Hall–Kier alpha value is -2.28. The quantitative estimate of drug-likeness (QED) is 0.706. The molecule has 0 aliphatic carbocycles. The van der Waals surface area contributed by atoms with Crippen molar-refractivity contribution >= 4 is 10.8 Å². The number of phenolic OH excluding ortho intramolecular Hbond substituents is 1. The first-order chi connectivity index (χ1) is 8.84. The molecule has 88 valence electrons. The smallest absolute Gasteiger partial charge is 0.126 e. The fourth-order valence-corrected chi connectivity index (χ4v) is 2.26. The fraction of sp³-hybridized carbons (Fsp3) is 0.0588. The third-order valence-electron chi connectivity index (χ3n) is 3.22. The molecule has 0 fully saturated rings. The summed E-state index contributed by atoms with van der Waals surface area (Å²) in [6, 6.07) is 22.2. The van der Waals surface area contributed by atoms with Gasteiger partial charge in [-0.05, 0) is 16.5 Å². The topological polar surface area (TPSA) is 20.2 Å². The van der Waals surface area contributed by atoms with Crippen LogP contribution >= 0.6 is 0 Å². The summed E-state index contributed by atoms with van der Waals surface area (Å²) in [5, 5.41) is 12.3. The second-order valence-electron chi connectivity index (χ2n) is 4.46. The Morgan fingerprint density at radius 3 is 2.28 bits per heavy atom. The second-order valence-corrected chi connectivity index (χ2v) is 4.46. The van der Waals surface area contributed by atoms with Gasteiger partial charge in [-0.15, -0.1) is 0 Å². The first kappa shape index (κ1) is 10.8. The van der Waals surface area contributed by atoms with Crippen molar-refractivity contribution in [2.45, 2.75) is 6.42 Å². The molecule has 3 aromatic carbocycles. The molecule has 1 heteroatoms. The van der Waals surface area contributed by atoms with Crippen LogP contribution in [0.2, 0.25) is 0 Å². The maximum Gasteiger partial charge on any atom is 0.126 e. The van der Waals surface area contributed by atoms with Crippen molar-refractivity contribution in [1.29, 1.82) is 0 Å². The van der Waals surface area contributed by atoms with Gasteiger partial charge in [-0.2, -0.15) is 0 Å². The predicted octanol–water partition coefficient (Wildman–Crippen LogP) is 4.14. The molecule has 0 spiro atoms. The minimum absolute atomic E-state index is 0.400. The van der Waals surface area contributed by atoms with Crippen molar-refractivity contribution in [3.8, 4) is 5.75 Å². The van der Waals surface area contributed by atoms with Crippen LogP contribution in [0.4, 0.5) is 0 Å². The van der Waals surface area contributed by atoms with E-state index in [1.165, 1.54) is 5.56 Å². The van der Waals surface area contributed by atoms with Crippen molar-refractivity contribution in [1.82, 2.24) is 0 Å². The average Bonchev–Trinajstić information content (AvgIpc) is 2.43. The molecule has 3 aromatic rings. The lowest BCUT2D eigenvalue weighted by Crippen LogP contribution is -1.89. The zero-order chi connectivity index (χ0) is 12.4. The summed E-state index contributed by atoms with van der Waals surface area (Å²) in [5.41, 5.74) is 2.18. The van der Waals surface area contributed by atoms with Gasteiger partial charge in [0.25, 0.3) is 0 Å². The van der Waals surface area contributed by atoms with Crippen LogP contribution in [-0.4, -0.2) is 5.11 Å². The molecule has 0 aromatic heterocycles. The minimum atomic E-state index is 0.400. The van der Waals surface area contributed by atoms with Gasteiger partial charge in [0.2, 0.25) is 0 Å². The molecule has 1 N–H and O–H groups in total. The van der Waals surface area contributed by atoms with E-state index in [-0.39, 0.29) is 0 Å². The lowest BCUT2D eigenvalue weighted by molar-refractivity contribution is 0.476. The lowest BCUT2D eigenvalue weighted by Gasteiger charge is -2.08. The van der Waals surface area contributed by atoms with E-state index >= 15 is 0 Å². The van der Waals surface area contributed by atoms with Gasteiger partial charge in [-0.1, -0.05) is 66.7 Å². The Balaban J connectivity index is 2.05. The van der Waals surface area contributed by atoms with Crippen molar-refractivity contribution in [3.63, 3.8) is 0 Å². The van der Waals surface area contributed by atoms with E-state index in [2.05, 4.69) is 18.2 Å². The highest BCUT2D eigenvalue weighted by atomic mass is 16.3. The Bertz CT molecular complexity index is 672. The van der Waals surface area contributed by atoms with E-state index in [1.54, 1.807) is 0 Å². The molecule has 0 heterocycles. The van der Waals surface area contributed by atoms with Crippen LogP contribution < -0.4 is 0 Å². The summed E-state index contributed by atoms with van der Waals surface area (Å²) in [6.07, 6.45) is 0.761. The fourth-order valence-electron chi connectivity index (χ4n) is 2.26. The van der Waals surface area contributed by atoms with Gasteiger partial charge in [-0.3, -0.25) is 0 Å². The normalized spacial score (nSPS) is 10.7. The SMILES string of the molecule is Oc1c(Cc2ccccc2)ccc2ccccc12. The van der Waals surface area contributed by atoms with E-state index in [4.69, 9.17) is 0 Å². The van der Waals surface area contributed by atoms with Crippen LogP contribution in [-0.2, 0) is 6.42 Å². The van der Waals surface area contributed by atoms with E-state index < -0.39 is 0 Å². The molecule has 0 bridgehead atoms. The van der Waals surface area contributed by atoms with Crippen molar-refractivity contribution in [2.75, 3.05) is 0 Å². The highest BCUT2D eigenvalue weighted by Gasteiger charge is 2.06. The maximum atomic E-state index is 10.3. The van der Waals surface area contributed by atoms with Crippen molar-refractivity contribution < 1.29 is 5.11 Å². The summed E-state index contributed by atoms with van der Waals surface area (Å²) < 4.78 is 0. The molecule has 0 aliphatic heterocycles. The van der Waals surface area contributed by atoms with Gasteiger partial charge < -0.3 is 5.11 Å². The molecule has 0 saturated heterocycles. The molecule has 0 radical (unpaired) electrons. The molecular weight excluding hydrogens is 220 g/mol. The predicted molar refractivity (Wildman–Crippen MR) is 74.9 cm³/mol. The summed E-state index contributed by atoms with van der Waals surface area (Å²) in [7, 11) is 0. The number of aromatic hydroxyl groups is 1. The molecule has 0 unspecified atom stereocenters. The first-order valence-corrected chi connectivity index (χ1v) is 6.08. The van der Waals surface area contributed by atoms with E-state index in [1.807, 2.05) is 48.5 Å². The van der Waals surface area contributed by atoms with E-state index in [0.717, 1.165) is 22.8 Å². The Morgan fingerprint density at radius 2 is 1.44 bits per heavy atom. The number of benzene rings is 3. The maximum absolute atomic E-state index is 10.3. The summed E-state index contributed by atoms with van der Waals surface area (Å²) in [4.78, 5) is 0. The highest BCUT2D eigenvalue weighted by Crippen LogP contribution is 2.29. The highest BCUT2D eigenvalue weighted by molar-refractivity contribution is 5.89. The monoisotopic (exact) mass is 234 g/mol. The summed E-state index contributed by atoms with van der Waals surface area (Å²) in [5.74, 6) is 0.400. The number of rotatable bonds is 2. The van der Waals surface area contributed by atoms with Crippen LogP contribution in [0.1, 0.15) is 11.1 Å². The lowest BCUT2D eigenvalue weighted by atomic mass is 10.00. The van der Waals surface area contributed by atoms with Crippen LogP contribution in [0, 0.1) is 0 Å².